The summed E-state index contributed by atoms with van der Waals surface area (Å²) in [6.45, 7) is 0. The molecule has 2 aromatic rings. The van der Waals surface area contributed by atoms with Crippen LogP contribution in [-0.4, -0.2) is 11.8 Å². The summed E-state index contributed by atoms with van der Waals surface area (Å²) < 4.78 is 0. The van der Waals surface area contributed by atoms with E-state index in [2.05, 4.69) is 21.7 Å². The Labute approximate surface area is 178 Å². The summed E-state index contributed by atoms with van der Waals surface area (Å²) in [7, 11) is 0. The second kappa shape index (κ2) is 9.08. The van der Waals surface area contributed by atoms with E-state index in [1.54, 1.807) is 0 Å². The van der Waals surface area contributed by atoms with Crippen LogP contribution in [-0.2, 0) is 9.59 Å². The maximum atomic E-state index is 11.8. The van der Waals surface area contributed by atoms with Crippen molar-refractivity contribution in [2.24, 2.45) is 0 Å². The fraction of sp³-hybridized carbons (Fsp3) is 0. The van der Waals surface area contributed by atoms with Gasteiger partial charge in [0.05, 0.1) is 41.5 Å². The summed E-state index contributed by atoms with van der Waals surface area (Å²) in [5.74, 6) is -2.04. The number of carbonyl (C=O) groups excluding carboxylic acids is 2. The van der Waals surface area contributed by atoms with Crippen LogP contribution in [0.15, 0.2) is 24.3 Å². The number of hydrogen-bond acceptors (Lipinski definition) is 4. The number of nitrogens with one attached hydrogen (secondary N) is 4. The van der Waals surface area contributed by atoms with E-state index in [1.807, 2.05) is 0 Å². The van der Waals surface area contributed by atoms with Crippen molar-refractivity contribution in [3.8, 4) is 0 Å². The average Bonchev–Trinajstić information content (AvgIpc) is 2.62. The van der Waals surface area contributed by atoms with Gasteiger partial charge in [-0.15, -0.1) is 0 Å². The lowest BCUT2D eigenvalue weighted by Crippen LogP contribution is -2.44. The SMILES string of the molecule is O=C(NNc1ccc(Cl)c(Cl)c1Cl)C(=O)NNc1ccc(Cl)c(Cl)c1Cl. The molecule has 0 aromatic heterocycles. The Morgan fingerprint density at radius 2 is 0.923 bits per heavy atom. The monoisotopic (exact) mass is 474 g/mol. The molecule has 0 aliphatic heterocycles. The zero-order valence-corrected chi connectivity index (χ0v) is 16.9. The topological polar surface area (TPSA) is 82.3 Å². The van der Waals surface area contributed by atoms with E-state index < -0.39 is 11.8 Å². The fourth-order valence-corrected chi connectivity index (χ4v) is 2.77. The number of amides is 2. The highest BCUT2D eigenvalue weighted by Gasteiger charge is 2.16. The molecule has 6 nitrogen and oxygen atoms in total. The molecule has 0 spiro atoms. The van der Waals surface area contributed by atoms with E-state index in [9.17, 15) is 9.59 Å². The number of halogens is 6. The molecule has 0 aliphatic carbocycles. The Bertz CT molecular complexity index is 806. The van der Waals surface area contributed by atoms with Crippen molar-refractivity contribution in [2.45, 2.75) is 0 Å². The van der Waals surface area contributed by atoms with Crippen molar-refractivity contribution in [3.63, 3.8) is 0 Å². The lowest BCUT2D eigenvalue weighted by atomic mass is 10.3. The number of rotatable bonds is 4. The number of benzene rings is 2. The van der Waals surface area contributed by atoms with E-state index in [-0.39, 0.29) is 41.5 Å². The van der Waals surface area contributed by atoms with Gasteiger partial charge >= 0.3 is 11.8 Å². The molecule has 2 rings (SSSR count). The molecule has 0 saturated heterocycles. The second-order valence-corrected chi connectivity index (χ2v) is 6.93. The third-order valence-electron chi connectivity index (χ3n) is 2.90. The molecule has 0 atom stereocenters. The number of anilines is 2. The molecule has 0 aliphatic rings. The Morgan fingerprint density at radius 1 is 0.577 bits per heavy atom. The molecular formula is C14H8Cl6N4O2. The van der Waals surface area contributed by atoms with Gasteiger partial charge in [-0.3, -0.25) is 31.3 Å². The molecule has 138 valence electrons. The van der Waals surface area contributed by atoms with Crippen LogP contribution in [0, 0.1) is 0 Å². The van der Waals surface area contributed by atoms with Crippen molar-refractivity contribution in [2.75, 3.05) is 10.9 Å². The largest absolute Gasteiger partial charge is 0.329 e. The van der Waals surface area contributed by atoms with Gasteiger partial charge < -0.3 is 0 Å². The zero-order chi connectivity index (χ0) is 19.4. The minimum Gasteiger partial charge on any atom is -0.297 e. The fourth-order valence-electron chi connectivity index (χ4n) is 1.61. The number of carbonyl (C=O) groups is 2. The predicted molar refractivity (Wildman–Crippen MR) is 106 cm³/mol. The summed E-state index contributed by atoms with van der Waals surface area (Å²) in [6, 6.07) is 5.89. The van der Waals surface area contributed by atoms with Gasteiger partial charge in [-0.2, -0.15) is 0 Å². The van der Waals surface area contributed by atoms with Crippen LogP contribution < -0.4 is 21.7 Å². The molecule has 0 heterocycles. The molecule has 0 radical (unpaired) electrons. The van der Waals surface area contributed by atoms with Gasteiger partial charge in [0.2, 0.25) is 0 Å². The van der Waals surface area contributed by atoms with Crippen LogP contribution in [0.5, 0.6) is 0 Å². The standard InChI is InChI=1S/C14H8Cl6N4O2/c15-5-1-3-7(11(19)9(5)17)21-23-13(25)14(26)24-22-8-4-2-6(16)10(18)12(8)20/h1-4,21-22H,(H,23,25)(H,24,26). The molecule has 4 N–H and O–H groups in total. The normalized spacial score (nSPS) is 10.2. The Hall–Kier alpha value is -1.28. The van der Waals surface area contributed by atoms with Crippen molar-refractivity contribution in [1.82, 2.24) is 10.9 Å². The van der Waals surface area contributed by atoms with E-state index in [4.69, 9.17) is 69.6 Å². The van der Waals surface area contributed by atoms with Crippen LogP contribution >= 0.6 is 69.6 Å². The van der Waals surface area contributed by atoms with Gasteiger partial charge in [-0.1, -0.05) is 69.6 Å². The molecule has 2 aromatic carbocycles. The molecular weight excluding hydrogens is 469 g/mol. The minimum atomic E-state index is -1.02. The summed E-state index contributed by atoms with van der Waals surface area (Å²) in [4.78, 5) is 23.6. The Balaban J connectivity index is 1.93. The third-order valence-corrected chi connectivity index (χ3v) is 5.49. The predicted octanol–water partition coefficient (Wildman–Crippen LogP) is 5.19. The molecule has 12 heteroatoms. The van der Waals surface area contributed by atoms with Crippen molar-refractivity contribution in [3.05, 3.63) is 54.4 Å². The Morgan fingerprint density at radius 3 is 1.27 bits per heavy atom. The number of hydrogen-bond donors (Lipinski definition) is 4. The highest BCUT2D eigenvalue weighted by atomic mass is 35.5. The quantitative estimate of drug-likeness (QED) is 0.278. The molecule has 26 heavy (non-hydrogen) atoms. The van der Waals surface area contributed by atoms with Gasteiger partial charge in [0.1, 0.15) is 0 Å². The van der Waals surface area contributed by atoms with Crippen molar-refractivity contribution >= 4 is 92.8 Å². The second-order valence-electron chi connectivity index (χ2n) is 4.60. The van der Waals surface area contributed by atoms with Crippen LogP contribution in [0.4, 0.5) is 11.4 Å². The van der Waals surface area contributed by atoms with Gasteiger partial charge in [0.15, 0.2) is 0 Å². The van der Waals surface area contributed by atoms with E-state index in [0.717, 1.165) is 0 Å². The first-order chi connectivity index (χ1) is 12.2. The van der Waals surface area contributed by atoms with Gasteiger partial charge in [-0.25, -0.2) is 0 Å². The third kappa shape index (κ3) is 4.91. The van der Waals surface area contributed by atoms with Crippen molar-refractivity contribution in [1.29, 1.82) is 0 Å². The molecule has 0 saturated carbocycles. The zero-order valence-electron chi connectivity index (χ0n) is 12.4. The molecule has 0 fully saturated rings. The van der Waals surface area contributed by atoms with Crippen LogP contribution in [0.25, 0.3) is 0 Å². The summed E-state index contributed by atoms with van der Waals surface area (Å²) >= 11 is 35.3. The maximum absolute atomic E-state index is 11.8. The lowest BCUT2D eigenvalue weighted by Gasteiger charge is -2.13. The highest BCUT2D eigenvalue weighted by Crippen LogP contribution is 2.36. The summed E-state index contributed by atoms with van der Waals surface area (Å²) in [6.07, 6.45) is 0. The lowest BCUT2D eigenvalue weighted by molar-refractivity contribution is -0.138. The first kappa shape index (κ1) is 21.0. The van der Waals surface area contributed by atoms with Gasteiger partial charge in [0.25, 0.3) is 0 Å². The van der Waals surface area contributed by atoms with E-state index in [1.165, 1.54) is 24.3 Å². The van der Waals surface area contributed by atoms with Crippen LogP contribution in [0.1, 0.15) is 0 Å². The molecule has 2 amide bonds. The van der Waals surface area contributed by atoms with E-state index in [0.29, 0.717) is 0 Å². The molecule has 0 unspecified atom stereocenters. The summed E-state index contributed by atoms with van der Waals surface area (Å²) in [5.41, 5.74) is 9.73. The van der Waals surface area contributed by atoms with Gasteiger partial charge in [-0.05, 0) is 24.3 Å². The average molecular weight is 477 g/mol. The first-order valence-electron chi connectivity index (χ1n) is 6.61. The first-order valence-corrected chi connectivity index (χ1v) is 8.88. The van der Waals surface area contributed by atoms with Crippen molar-refractivity contribution < 1.29 is 9.59 Å². The minimum absolute atomic E-state index is 0.0839. The van der Waals surface area contributed by atoms with Gasteiger partial charge in [0, 0.05) is 0 Å². The number of hydrazine groups is 2. The highest BCUT2D eigenvalue weighted by molar-refractivity contribution is 6.50. The van der Waals surface area contributed by atoms with Crippen LogP contribution in [0.3, 0.4) is 0 Å². The smallest absolute Gasteiger partial charge is 0.297 e. The van der Waals surface area contributed by atoms with Crippen LogP contribution in [0.2, 0.25) is 30.1 Å². The van der Waals surface area contributed by atoms with E-state index >= 15 is 0 Å². The molecule has 0 bridgehead atoms. The maximum Gasteiger partial charge on any atom is 0.329 e. The Kier molecular flexibility index (Phi) is 7.34. The summed E-state index contributed by atoms with van der Waals surface area (Å²) in [5, 5.41) is 0.866.